The summed E-state index contributed by atoms with van der Waals surface area (Å²) in [4.78, 5) is 4.08. The average molecular weight is 219 g/mol. The lowest BCUT2D eigenvalue weighted by atomic mass is 10.1. The molecule has 2 rings (SSSR count). The van der Waals surface area contributed by atoms with Crippen LogP contribution in [0.15, 0.2) is 34.9 Å². The predicted molar refractivity (Wildman–Crippen MR) is 58.2 cm³/mol. The lowest BCUT2D eigenvalue weighted by molar-refractivity contribution is 0.286. The Hall–Kier alpha value is -1.81. The minimum Gasteiger partial charge on any atom is -0.508 e. The van der Waals surface area contributed by atoms with Crippen molar-refractivity contribution in [3.63, 3.8) is 0 Å². The van der Waals surface area contributed by atoms with E-state index in [-0.39, 0.29) is 12.4 Å². The van der Waals surface area contributed by atoms with Crippen molar-refractivity contribution in [1.29, 1.82) is 0 Å². The maximum Gasteiger partial charge on any atom is 0.198 e. The lowest BCUT2D eigenvalue weighted by Crippen LogP contribution is -1.89. The van der Waals surface area contributed by atoms with E-state index in [9.17, 15) is 5.11 Å². The van der Waals surface area contributed by atoms with Crippen molar-refractivity contribution in [2.45, 2.75) is 12.8 Å². The van der Waals surface area contributed by atoms with Gasteiger partial charge in [0.05, 0.1) is 19.2 Å². The third-order valence-electron chi connectivity index (χ3n) is 2.29. The Morgan fingerprint density at radius 2 is 2.06 bits per heavy atom. The number of hydrogen-bond donors (Lipinski definition) is 2. The van der Waals surface area contributed by atoms with Gasteiger partial charge in [0.2, 0.25) is 0 Å². The number of hydrogen-bond acceptors (Lipinski definition) is 4. The number of nitrogens with zero attached hydrogens (tertiary/aromatic N) is 1. The van der Waals surface area contributed by atoms with E-state index in [1.54, 1.807) is 18.3 Å². The number of aliphatic hydroxyl groups is 1. The van der Waals surface area contributed by atoms with E-state index in [4.69, 9.17) is 9.52 Å². The van der Waals surface area contributed by atoms with Crippen LogP contribution in [-0.4, -0.2) is 21.8 Å². The molecule has 84 valence electrons. The monoisotopic (exact) mass is 219 g/mol. The van der Waals surface area contributed by atoms with Gasteiger partial charge in [-0.25, -0.2) is 4.98 Å². The van der Waals surface area contributed by atoms with Gasteiger partial charge in [0, 0.05) is 12.0 Å². The summed E-state index contributed by atoms with van der Waals surface area (Å²) >= 11 is 0. The van der Waals surface area contributed by atoms with Crippen LogP contribution in [0.3, 0.4) is 0 Å². The topological polar surface area (TPSA) is 66.5 Å². The second kappa shape index (κ2) is 4.81. The highest BCUT2D eigenvalue weighted by atomic mass is 16.4. The molecule has 0 aliphatic heterocycles. The van der Waals surface area contributed by atoms with Crippen molar-refractivity contribution < 1.29 is 14.6 Å². The fourth-order valence-corrected chi connectivity index (χ4v) is 1.48. The first kappa shape index (κ1) is 10.7. The number of para-hydroxylation sites is 1. The van der Waals surface area contributed by atoms with Crippen molar-refractivity contribution >= 4 is 0 Å². The number of rotatable bonds is 4. The van der Waals surface area contributed by atoms with Gasteiger partial charge in [0.15, 0.2) is 5.89 Å². The number of aliphatic hydroxyl groups excluding tert-OH is 1. The Morgan fingerprint density at radius 1 is 1.25 bits per heavy atom. The smallest absolute Gasteiger partial charge is 0.198 e. The first-order valence-corrected chi connectivity index (χ1v) is 5.11. The van der Waals surface area contributed by atoms with Gasteiger partial charge in [-0.15, -0.1) is 0 Å². The van der Waals surface area contributed by atoms with E-state index in [0.717, 1.165) is 5.56 Å². The van der Waals surface area contributed by atoms with E-state index in [2.05, 4.69) is 4.98 Å². The van der Waals surface area contributed by atoms with Gasteiger partial charge in [0.25, 0.3) is 0 Å². The lowest BCUT2D eigenvalue weighted by Gasteiger charge is -2.00. The highest BCUT2D eigenvalue weighted by Crippen LogP contribution is 2.19. The van der Waals surface area contributed by atoms with Crippen LogP contribution in [0.2, 0.25) is 0 Å². The Morgan fingerprint density at radius 3 is 2.81 bits per heavy atom. The van der Waals surface area contributed by atoms with Crippen molar-refractivity contribution in [2.75, 3.05) is 6.61 Å². The van der Waals surface area contributed by atoms with E-state index in [1.165, 1.54) is 0 Å². The first-order chi connectivity index (χ1) is 7.79. The molecule has 2 N–H and O–H groups in total. The quantitative estimate of drug-likeness (QED) is 0.817. The number of phenolic OH excluding ortho intramolecular Hbond substituents is 1. The number of aromatic hydroxyl groups is 1. The molecule has 0 aliphatic carbocycles. The predicted octanol–water partition coefficient (Wildman–Crippen LogP) is 1.51. The molecule has 1 heterocycles. The summed E-state index contributed by atoms with van der Waals surface area (Å²) in [5.74, 6) is 1.45. The third kappa shape index (κ3) is 2.41. The first-order valence-electron chi connectivity index (χ1n) is 5.11. The van der Waals surface area contributed by atoms with Crippen molar-refractivity contribution in [3.05, 3.63) is 47.7 Å². The van der Waals surface area contributed by atoms with Crippen LogP contribution in [-0.2, 0) is 12.8 Å². The summed E-state index contributed by atoms with van der Waals surface area (Å²) in [6.45, 7) is 0.0468. The number of benzene rings is 1. The van der Waals surface area contributed by atoms with Crippen molar-refractivity contribution in [3.8, 4) is 5.75 Å². The van der Waals surface area contributed by atoms with Crippen LogP contribution < -0.4 is 0 Å². The third-order valence-corrected chi connectivity index (χ3v) is 2.29. The van der Waals surface area contributed by atoms with E-state index in [0.29, 0.717) is 24.5 Å². The molecule has 0 fully saturated rings. The summed E-state index contributed by atoms with van der Waals surface area (Å²) in [7, 11) is 0. The summed E-state index contributed by atoms with van der Waals surface area (Å²) in [5, 5.41) is 18.3. The number of oxazole rings is 1. The van der Waals surface area contributed by atoms with Crippen LogP contribution in [0.5, 0.6) is 5.75 Å². The summed E-state index contributed by atoms with van der Waals surface area (Å²) in [6, 6.07) is 7.08. The highest BCUT2D eigenvalue weighted by molar-refractivity contribution is 5.33. The zero-order chi connectivity index (χ0) is 11.4. The van der Waals surface area contributed by atoms with E-state index in [1.807, 2.05) is 12.1 Å². The van der Waals surface area contributed by atoms with Crippen LogP contribution >= 0.6 is 0 Å². The van der Waals surface area contributed by atoms with E-state index >= 15 is 0 Å². The SMILES string of the molecule is OCCc1cnc(Cc2ccccc2O)o1. The molecule has 16 heavy (non-hydrogen) atoms. The molecule has 4 nitrogen and oxygen atoms in total. The van der Waals surface area contributed by atoms with Crippen molar-refractivity contribution in [2.24, 2.45) is 0 Å². The molecule has 0 bridgehead atoms. The maximum atomic E-state index is 9.57. The van der Waals surface area contributed by atoms with Crippen LogP contribution in [0.4, 0.5) is 0 Å². The largest absolute Gasteiger partial charge is 0.508 e. The van der Waals surface area contributed by atoms with Gasteiger partial charge in [-0.3, -0.25) is 0 Å². The normalized spacial score (nSPS) is 10.6. The Bertz CT molecular complexity index is 465. The van der Waals surface area contributed by atoms with Gasteiger partial charge in [-0.05, 0) is 6.07 Å². The Balaban J connectivity index is 2.11. The van der Waals surface area contributed by atoms with Crippen LogP contribution in [0.1, 0.15) is 17.2 Å². The minimum atomic E-state index is 0.0468. The number of phenols is 1. The Labute approximate surface area is 93.2 Å². The van der Waals surface area contributed by atoms with Gasteiger partial charge < -0.3 is 14.6 Å². The fourth-order valence-electron chi connectivity index (χ4n) is 1.48. The molecule has 0 atom stereocenters. The molecule has 0 spiro atoms. The molecule has 0 radical (unpaired) electrons. The van der Waals surface area contributed by atoms with Gasteiger partial charge in [0.1, 0.15) is 11.5 Å². The second-order valence-corrected chi connectivity index (χ2v) is 3.50. The Kier molecular flexibility index (Phi) is 3.22. The molecule has 0 unspecified atom stereocenters. The molecule has 0 saturated heterocycles. The average Bonchev–Trinajstić information content (AvgIpc) is 2.70. The van der Waals surface area contributed by atoms with Gasteiger partial charge in [-0.1, -0.05) is 18.2 Å². The maximum absolute atomic E-state index is 9.57. The molecule has 0 amide bonds. The molecule has 0 aliphatic rings. The highest BCUT2D eigenvalue weighted by Gasteiger charge is 2.07. The summed E-state index contributed by atoms with van der Waals surface area (Å²) in [5.41, 5.74) is 0.778. The number of aromatic nitrogens is 1. The van der Waals surface area contributed by atoms with Gasteiger partial charge in [-0.2, -0.15) is 0 Å². The molecular weight excluding hydrogens is 206 g/mol. The van der Waals surface area contributed by atoms with Gasteiger partial charge >= 0.3 is 0 Å². The van der Waals surface area contributed by atoms with E-state index < -0.39 is 0 Å². The molecule has 1 aromatic heterocycles. The zero-order valence-electron chi connectivity index (χ0n) is 8.76. The molecule has 4 heteroatoms. The zero-order valence-corrected chi connectivity index (χ0v) is 8.76. The second-order valence-electron chi connectivity index (χ2n) is 3.50. The molecular formula is C12H13NO3. The van der Waals surface area contributed by atoms with Crippen LogP contribution in [0.25, 0.3) is 0 Å². The molecule has 0 saturated carbocycles. The molecule has 1 aromatic carbocycles. The molecule has 2 aromatic rings. The standard InChI is InChI=1S/C12H13NO3/c14-6-5-10-8-13-12(16-10)7-9-3-1-2-4-11(9)15/h1-4,8,14-15H,5-7H2. The minimum absolute atomic E-state index is 0.0468. The summed E-state index contributed by atoms with van der Waals surface area (Å²) in [6.07, 6.45) is 2.53. The van der Waals surface area contributed by atoms with Crippen LogP contribution in [0, 0.1) is 0 Å². The summed E-state index contributed by atoms with van der Waals surface area (Å²) < 4.78 is 5.40. The van der Waals surface area contributed by atoms with Crippen molar-refractivity contribution in [1.82, 2.24) is 4.98 Å². The fraction of sp³-hybridized carbons (Fsp3) is 0.250.